The number of ketones is 1. The third-order valence-electron chi connectivity index (χ3n) is 2.99. The number of hydrogen-bond acceptors (Lipinski definition) is 3. The normalized spacial score (nSPS) is 10.6. The lowest BCUT2D eigenvalue weighted by molar-refractivity contribution is 0.104. The van der Waals surface area contributed by atoms with E-state index in [-0.39, 0.29) is 5.78 Å². The lowest BCUT2D eigenvalue weighted by Crippen LogP contribution is -1.95. The molecule has 0 aromatic heterocycles. The zero-order chi connectivity index (χ0) is 15.2. The molecule has 108 valence electrons. The molecule has 0 fully saturated rings. The van der Waals surface area contributed by atoms with E-state index in [1.807, 2.05) is 30.3 Å². The minimum atomic E-state index is -0.0691. The van der Waals surface area contributed by atoms with Crippen LogP contribution in [0.1, 0.15) is 15.9 Å². The van der Waals surface area contributed by atoms with Crippen LogP contribution in [0.3, 0.4) is 0 Å². The van der Waals surface area contributed by atoms with Crippen LogP contribution in [-0.4, -0.2) is 20.0 Å². The molecule has 3 nitrogen and oxygen atoms in total. The monoisotopic (exact) mass is 346 g/mol. The molecule has 0 atom stereocenters. The average molecular weight is 347 g/mol. The molecule has 2 aromatic carbocycles. The summed E-state index contributed by atoms with van der Waals surface area (Å²) in [4.78, 5) is 12.2. The minimum Gasteiger partial charge on any atom is -0.497 e. The van der Waals surface area contributed by atoms with Gasteiger partial charge in [-0.3, -0.25) is 4.79 Å². The highest BCUT2D eigenvalue weighted by atomic mass is 79.9. The topological polar surface area (TPSA) is 35.5 Å². The molecule has 2 aromatic rings. The maximum atomic E-state index is 12.2. The summed E-state index contributed by atoms with van der Waals surface area (Å²) < 4.78 is 11.2. The number of carbonyl (C=O) groups excluding carboxylic acids is 1. The number of methoxy groups -OCH3 is 2. The second-order valence-electron chi connectivity index (χ2n) is 4.29. The number of ether oxygens (including phenoxy) is 2. The van der Waals surface area contributed by atoms with Gasteiger partial charge in [0.1, 0.15) is 11.5 Å². The molecule has 0 radical (unpaired) electrons. The van der Waals surface area contributed by atoms with E-state index < -0.39 is 0 Å². The molecule has 4 heteroatoms. The number of rotatable bonds is 5. The molecule has 0 bridgehead atoms. The van der Waals surface area contributed by atoms with Gasteiger partial charge >= 0.3 is 0 Å². The van der Waals surface area contributed by atoms with Crippen molar-refractivity contribution in [2.45, 2.75) is 0 Å². The molecule has 0 unspecified atom stereocenters. The number of halogens is 1. The first kappa shape index (κ1) is 15.3. The Labute approximate surface area is 132 Å². The van der Waals surface area contributed by atoms with Gasteiger partial charge in [-0.25, -0.2) is 0 Å². The average Bonchev–Trinajstić information content (AvgIpc) is 2.52. The highest BCUT2D eigenvalue weighted by Crippen LogP contribution is 2.26. The standard InChI is InChI=1S/C17H15BrO3/c1-20-13-9-7-12(17(11-13)21-2)8-10-16(19)14-5-3-4-6-15(14)18/h3-11H,1-2H3/b10-8+. The van der Waals surface area contributed by atoms with Gasteiger partial charge in [-0.15, -0.1) is 0 Å². The van der Waals surface area contributed by atoms with E-state index in [2.05, 4.69) is 15.9 Å². The summed E-state index contributed by atoms with van der Waals surface area (Å²) in [6.07, 6.45) is 3.27. The van der Waals surface area contributed by atoms with Gasteiger partial charge in [0.15, 0.2) is 5.78 Å². The Morgan fingerprint density at radius 1 is 1.10 bits per heavy atom. The van der Waals surface area contributed by atoms with E-state index in [0.717, 1.165) is 10.0 Å². The van der Waals surface area contributed by atoms with E-state index in [4.69, 9.17) is 9.47 Å². The number of allylic oxidation sites excluding steroid dienone is 1. The molecule has 0 saturated carbocycles. The molecule has 0 spiro atoms. The first-order valence-corrected chi connectivity index (χ1v) is 7.14. The Morgan fingerprint density at radius 3 is 2.52 bits per heavy atom. The summed E-state index contributed by atoms with van der Waals surface area (Å²) in [5, 5.41) is 0. The van der Waals surface area contributed by atoms with Crippen LogP contribution in [0.2, 0.25) is 0 Å². The number of hydrogen-bond donors (Lipinski definition) is 0. The minimum absolute atomic E-state index is 0.0691. The van der Waals surface area contributed by atoms with Crippen LogP contribution in [0.15, 0.2) is 53.0 Å². The summed E-state index contributed by atoms with van der Waals surface area (Å²) in [5.74, 6) is 1.30. The van der Waals surface area contributed by atoms with Crippen LogP contribution in [0, 0.1) is 0 Å². The van der Waals surface area contributed by atoms with Crippen molar-refractivity contribution in [2.75, 3.05) is 14.2 Å². The smallest absolute Gasteiger partial charge is 0.186 e. The fourth-order valence-electron chi connectivity index (χ4n) is 1.87. The Hall–Kier alpha value is -2.07. The Kier molecular flexibility index (Phi) is 5.17. The first-order chi connectivity index (χ1) is 10.2. The zero-order valence-electron chi connectivity index (χ0n) is 11.8. The lowest BCUT2D eigenvalue weighted by atomic mass is 10.1. The lowest BCUT2D eigenvalue weighted by Gasteiger charge is -2.07. The molecule has 0 heterocycles. The predicted molar refractivity (Wildman–Crippen MR) is 87.1 cm³/mol. The van der Waals surface area contributed by atoms with E-state index in [1.54, 1.807) is 32.4 Å². The van der Waals surface area contributed by atoms with Crippen LogP contribution < -0.4 is 9.47 Å². The van der Waals surface area contributed by atoms with Gasteiger partial charge in [0.25, 0.3) is 0 Å². The van der Waals surface area contributed by atoms with Crippen molar-refractivity contribution in [1.29, 1.82) is 0 Å². The largest absolute Gasteiger partial charge is 0.497 e. The fourth-order valence-corrected chi connectivity index (χ4v) is 2.35. The van der Waals surface area contributed by atoms with E-state index in [9.17, 15) is 4.79 Å². The molecule has 0 aliphatic rings. The summed E-state index contributed by atoms with van der Waals surface area (Å²) in [6, 6.07) is 12.8. The van der Waals surface area contributed by atoms with Crippen LogP contribution in [0.5, 0.6) is 11.5 Å². The quantitative estimate of drug-likeness (QED) is 0.595. The maximum absolute atomic E-state index is 12.2. The predicted octanol–water partition coefficient (Wildman–Crippen LogP) is 4.36. The molecular weight excluding hydrogens is 332 g/mol. The Balaban J connectivity index is 2.25. The van der Waals surface area contributed by atoms with Gasteiger partial charge in [-0.1, -0.05) is 28.1 Å². The Bertz CT molecular complexity index is 677. The number of carbonyl (C=O) groups is 1. The van der Waals surface area contributed by atoms with Gasteiger partial charge in [-0.05, 0) is 36.4 Å². The molecule has 2 rings (SSSR count). The van der Waals surface area contributed by atoms with Crippen molar-refractivity contribution in [1.82, 2.24) is 0 Å². The van der Waals surface area contributed by atoms with Crippen molar-refractivity contribution in [3.8, 4) is 11.5 Å². The van der Waals surface area contributed by atoms with Gasteiger partial charge in [0.2, 0.25) is 0 Å². The van der Waals surface area contributed by atoms with Crippen molar-refractivity contribution in [2.24, 2.45) is 0 Å². The SMILES string of the molecule is COc1ccc(/C=C/C(=O)c2ccccc2Br)c(OC)c1. The first-order valence-electron chi connectivity index (χ1n) is 6.34. The van der Waals surface area contributed by atoms with Crippen LogP contribution >= 0.6 is 15.9 Å². The van der Waals surface area contributed by atoms with Crippen LogP contribution in [0.25, 0.3) is 6.08 Å². The van der Waals surface area contributed by atoms with E-state index in [0.29, 0.717) is 17.1 Å². The molecule has 0 saturated heterocycles. The van der Waals surface area contributed by atoms with Gasteiger partial charge < -0.3 is 9.47 Å². The third kappa shape index (κ3) is 3.73. The van der Waals surface area contributed by atoms with Crippen molar-refractivity contribution >= 4 is 27.8 Å². The number of benzene rings is 2. The molecular formula is C17H15BrO3. The highest BCUT2D eigenvalue weighted by molar-refractivity contribution is 9.10. The summed E-state index contributed by atoms with van der Waals surface area (Å²) >= 11 is 3.37. The van der Waals surface area contributed by atoms with Crippen molar-refractivity contribution < 1.29 is 14.3 Å². The molecule has 0 aliphatic carbocycles. The molecule has 0 N–H and O–H groups in total. The second-order valence-corrected chi connectivity index (χ2v) is 5.14. The van der Waals surface area contributed by atoms with Crippen LogP contribution in [-0.2, 0) is 0 Å². The second kappa shape index (κ2) is 7.09. The van der Waals surface area contributed by atoms with E-state index in [1.165, 1.54) is 6.08 Å². The van der Waals surface area contributed by atoms with Gasteiger partial charge in [0.05, 0.1) is 14.2 Å². The van der Waals surface area contributed by atoms with Gasteiger partial charge in [-0.2, -0.15) is 0 Å². The molecule has 21 heavy (non-hydrogen) atoms. The highest BCUT2D eigenvalue weighted by Gasteiger charge is 2.07. The Morgan fingerprint density at radius 2 is 1.86 bits per heavy atom. The summed E-state index contributed by atoms with van der Waals surface area (Å²) in [6.45, 7) is 0. The van der Waals surface area contributed by atoms with Gasteiger partial charge in [0, 0.05) is 21.7 Å². The maximum Gasteiger partial charge on any atom is 0.186 e. The summed E-state index contributed by atoms with van der Waals surface area (Å²) in [7, 11) is 3.18. The van der Waals surface area contributed by atoms with Crippen molar-refractivity contribution in [3.63, 3.8) is 0 Å². The molecule has 0 amide bonds. The van der Waals surface area contributed by atoms with E-state index >= 15 is 0 Å². The zero-order valence-corrected chi connectivity index (χ0v) is 13.4. The fraction of sp³-hybridized carbons (Fsp3) is 0.118. The van der Waals surface area contributed by atoms with Crippen LogP contribution in [0.4, 0.5) is 0 Å². The van der Waals surface area contributed by atoms with Crippen molar-refractivity contribution in [3.05, 3.63) is 64.1 Å². The molecule has 0 aliphatic heterocycles. The third-order valence-corrected chi connectivity index (χ3v) is 3.69. The summed E-state index contributed by atoms with van der Waals surface area (Å²) in [5.41, 5.74) is 1.44.